The molecule has 1 aliphatic carbocycles. The zero-order chi connectivity index (χ0) is 13.9. The number of ether oxygens (including phenoxy) is 1. The second-order valence-electron chi connectivity index (χ2n) is 6.15. The number of methoxy groups -OCH3 is 1. The molecule has 1 aromatic heterocycles. The standard InChI is InChI=1S/C16H27NOS/c1-16(2,18-4)10-9-13(17-3)15-11-12-7-5-6-8-14(12)19-15/h11,13,17H,5-10H2,1-4H3. The molecule has 3 heteroatoms. The van der Waals surface area contributed by atoms with Gasteiger partial charge in [0.15, 0.2) is 0 Å². The van der Waals surface area contributed by atoms with Gasteiger partial charge in [0.1, 0.15) is 0 Å². The average molecular weight is 281 g/mol. The topological polar surface area (TPSA) is 21.3 Å². The number of rotatable bonds is 6. The smallest absolute Gasteiger partial charge is 0.0623 e. The van der Waals surface area contributed by atoms with Crippen LogP contribution in [0.4, 0.5) is 0 Å². The van der Waals surface area contributed by atoms with E-state index in [1.807, 2.05) is 11.3 Å². The molecule has 0 amide bonds. The molecule has 1 atom stereocenters. The van der Waals surface area contributed by atoms with Crippen molar-refractivity contribution in [2.45, 2.75) is 64.0 Å². The lowest BCUT2D eigenvalue weighted by atomic mass is 9.96. The van der Waals surface area contributed by atoms with Crippen molar-refractivity contribution in [3.05, 3.63) is 21.4 Å². The van der Waals surface area contributed by atoms with Crippen LogP contribution in [0.3, 0.4) is 0 Å². The molecule has 2 nitrogen and oxygen atoms in total. The molecule has 1 heterocycles. The molecule has 2 rings (SSSR count). The predicted octanol–water partition coefficient (Wildman–Crippen LogP) is 4.09. The third kappa shape index (κ3) is 3.80. The molecule has 0 aliphatic heterocycles. The fourth-order valence-electron chi connectivity index (χ4n) is 2.71. The van der Waals surface area contributed by atoms with Gasteiger partial charge in [0.05, 0.1) is 5.60 Å². The Balaban J connectivity index is 2.03. The van der Waals surface area contributed by atoms with Gasteiger partial charge in [-0.3, -0.25) is 0 Å². The fraction of sp³-hybridized carbons (Fsp3) is 0.750. The van der Waals surface area contributed by atoms with E-state index in [0.29, 0.717) is 6.04 Å². The molecule has 1 aromatic rings. The van der Waals surface area contributed by atoms with Crippen molar-refractivity contribution in [2.75, 3.05) is 14.2 Å². The first-order valence-corrected chi connectivity index (χ1v) is 8.21. The van der Waals surface area contributed by atoms with Crippen LogP contribution < -0.4 is 5.32 Å². The summed E-state index contributed by atoms with van der Waals surface area (Å²) in [6, 6.07) is 2.92. The summed E-state index contributed by atoms with van der Waals surface area (Å²) < 4.78 is 5.53. The van der Waals surface area contributed by atoms with Crippen molar-refractivity contribution in [3.8, 4) is 0 Å². The Hall–Kier alpha value is -0.380. The van der Waals surface area contributed by atoms with Gasteiger partial charge in [-0.25, -0.2) is 0 Å². The van der Waals surface area contributed by atoms with E-state index in [1.165, 1.54) is 30.6 Å². The first-order chi connectivity index (χ1) is 9.05. The van der Waals surface area contributed by atoms with Crippen LogP contribution >= 0.6 is 11.3 Å². The molecule has 108 valence electrons. The SMILES string of the molecule is CNC(CCC(C)(C)OC)c1cc2c(s1)CCCC2. The minimum absolute atomic E-state index is 0.0218. The van der Waals surface area contributed by atoms with Gasteiger partial charge in [0.25, 0.3) is 0 Å². The molecule has 19 heavy (non-hydrogen) atoms. The van der Waals surface area contributed by atoms with Gasteiger partial charge in [-0.05, 0) is 71.0 Å². The van der Waals surface area contributed by atoms with Crippen molar-refractivity contribution in [2.24, 2.45) is 0 Å². The van der Waals surface area contributed by atoms with Crippen LogP contribution in [-0.4, -0.2) is 19.8 Å². The van der Waals surface area contributed by atoms with Crippen LogP contribution in [-0.2, 0) is 17.6 Å². The normalized spacial score (nSPS) is 17.3. The Kier molecular flexibility index (Phi) is 5.04. The summed E-state index contributed by atoms with van der Waals surface area (Å²) >= 11 is 2.02. The fourth-order valence-corrected chi connectivity index (χ4v) is 4.11. The van der Waals surface area contributed by atoms with Crippen LogP contribution in [0.2, 0.25) is 0 Å². The minimum atomic E-state index is -0.0218. The summed E-state index contributed by atoms with van der Waals surface area (Å²) in [7, 11) is 3.88. The molecule has 1 unspecified atom stereocenters. The lowest BCUT2D eigenvalue weighted by Crippen LogP contribution is -2.25. The Morgan fingerprint density at radius 3 is 2.74 bits per heavy atom. The molecule has 0 fully saturated rings. The largest absolute Gasteiger partial charge is 0.379 e. The molecule has 0 saturated carbocycles. The zero-order valence-electron chi connectivity index (χ0n) is 12.7. The maximum Gasteiger partial charge on any atom is 0.0623 e. The monoisotopic (exact) mass is 281 g/mol. The van der Waals surface area contributed by atoms with E-state index in [2.05, 4.69) is 32.3 Å². The molecule has 0 spiro atoms. The molecular weight excluding hydrogens is 254 g/mol. The summed E-state index contributed by atoms with van der Waals surface area (Å²) in [5.74, 6) is 0. The van der Waals surface area contributed by atoms with E-state index in [9.17, 15) is 0 Å². The highest BCUT2D eigenvalue weighted by atomic mass is 32.1. The van der Waals surface area contributed by atoms with Crippen LogP contribution in [0.25, 0.3) is 0 Å². The average Bonchev–Trinajstić information content (AvgIpc) is 2.83. The van der Waals surface area contributed by atoms with Crippen LogP contribution in [0.5, 0.6) is 0 Å². The quantitative estimate of drug-likeness (QED) is 0.848. The summed E-state index contributed by atoms with van der Waals surface area (Å²) in [4.78, 5) is 3.15. The molecule has 0 radical (unpaired) electrons. The lowest BCUT2D eigenvalue weighted by Gasteiger charge is -2.25. The highest BCUT2D eigenvalue weighted by Gasteiger charge is 2.22. The van der Waals surface area contributed by atoms with Crippen LogP contribution in [0, 0.1) is 0 Å². The van der Waals surface area contributed by atoms with E-state index in [1.54, 1.807) is 17.6 Å². The van der Waals surface area contributed by atoms with E-state index >= 15 is 0 Å². The molecule has 1 aliphatic rings. The van der Waals surface area contributed by atoms with E-state index in [4.69, 9.17) is 4.74 Å². The van der Waals surface area contributed by atoms with Crippen molar-refractivity contribution in [1.29, 1.82) is 0 Å². The molecule has 0 saturated heterocycles. The van der Waals surface area contributed by atoms with Crippen molar-refractivity contribution in [1.82, 2.24) is 5.32 Å². The van der Waals surface area contributed by atoms with Gasteiger partial charge >= 0.3 is 0 Å². The van der Waals surface area contributed by atoms with Crippen molar-refractivity contribution >= 4 is 11.3 Å². The van der Waals surface area contributed by atoms with Crippen molar-refractivity contribution in [3.63, 3.8) is 0 Å². The number of fused-ring (bicyclic) bond motifs is 1. The summed E-state index contributed by atoms with van der Waals surface area (Å²) in [6.07, 6.45) is 7.53. The summed E-state index contributed by atoms with van der Waals surface area (Å²) in [5.41, 5.74) is 1.59. The highest BCUT2D eigenvalue weighted by molar-refractivity contribution is 7.12. The molecular formula is C16H27NOS. The summed E-state index contributed by atoms with van der Waals surface area (Å²) in [6.45, 7) is 4.33. The number of hydrogen-bond acceptors (Lipinski definition) is 3. The Bertz CT molecular complexity index is 387. The van der Waals surface area contributed by atoms with Gasteiger partial charge in [0, 0.05) is 22.9 Å². The Morgan fingerprint density at radius 1 is 1.37 bits per heavy atom. The van der Waals surface area contributed by atoms with Gasteiger partial charge in [0.2, 0.25) is 0 Å². The van der Waals surface area contributed by atoms with Crippen LogP contribution in [0.15, 0.2) is 6.07 Å². The van der Waals surface area contributed by atoms with Gasteiger partial charge in [-0.1, -0.05) is 0 Å². The number of aryl methyl sites for hydroxylation is 2. The van der Waals surface area contributed by atoms with E-state index < -0.39 is 0 Å². The second-order valence-corrected chi connectivity index (χ2v) is 7.32. The second kappa shape index (κ2) is 6.38. The molecule has 1 N–H and O–H groups in total. The van der Waals surface area contributed by atoms with E-state index in [-0.39, 0.29) is 5.60 Å². The third-order valence-electron chi connectivity index (χ3n) is 4.30. The first kappa shape index (κ1) is 15.0. The Morgan fingerprint density at radius 2 is 2.11 bits per heavy atom. The number of thiophene rings is 1. The lowest BCUT2D eigenvalue weighted by molar-refractivity contribution is 0.0119. The maximum absolute atomic E-state index is 5.53. The minimum Gasteiger partial charge on any atom is -0.379 e. The van der Waals surface area contributed by atoms with Gasteiger partial charge < -0.3 is 10.1 Å². The van der Waals surface area contributed by atoms with E-state index in [0.717, 1.165) is 12.8 Å². The number of hydrogen-bond donors (Lipinski definition) is 1. The maximum atomic E-state index is 5.53. The van der Waals surface area contributed by atoms with Gasteiger partial charge in [-0.15, -0.1) is 11.3 Å². The van der Waals surface area contributed by atoms with Crippen LogP contribution in [0.1, 0.15) is 60.9 Å². The molecule has 0 bridgehead atoms. The zero-order valence-corrected chi connectivity index (χ0v) is 13.5. The van der Waals surface area contributed by atoms with Gasteiger partial charge in [-0.2, -0.15) is 0 Å². The first-order valence-electron chi connectivity index (χ1n) is 7.39. The highest BCUT2D eigenvalue weighted by Crippen LogP contribution is 2.35. The van der Waals surface area contributed by atoms with Crippen molar-refractivity contribution < 1.29 is 4.74 Å². The third-order valence-corrected chi connectivity index (χ3v) is 5.65. The Labute approximate surface area is 121 Å². The summed E-state index contributed by atoms with van der Waals surface area (Å²) in [5, 5.41) is 3.48. The predicted molar refractivity (Wildman–Crippen MR) is 83.1 cm³/mol. The number of nitrogens with one attached hydrogen (secondary N) is 1. The molecule has 0 aromatic carbocycles.